The van der Waals surface area contributed by atoms with E-state index in [4.69, 9.17) is 14.2 Å². The van der Waals surface area contributed by atoms with Crippen molar-refractivity contribution in [2.24, 2.45) is 0 Å². The van der Waals surface area contributed by atoms with Crippen LogP contribution in [0.25, 0.3) is 0 Å². The summed E-state index contributed by atoms with van der Waals surface area (Å²) in [5.41, 5.74) is 0. The smallest absolute Gasteiger partial charge is 0.306 e. The molecule has 0 aromatic rings. The van der Waals surface area contributed by atoms with Crippen molar-refractivity contribution in [2.75, 3.05) is 13.2 Å². The molecule has 0 aliphatic heterocycles. The molecule has 0 amide bonds. The topological polar surface area (TPSA) is 78.9 Å². The molecule has 0 aromatic carbocycles. The van der Waals surface area contributed by atoms with E-state index < -0.39 is 6.10 Å². The number of carbonyl (C=O) groups is 3. The molecule has 0 saturated carbocycles. The largest absolute Gasteiger partial charge is 0.462 e. The Hall–Kier alpha value is -4.19. The lowest BCUT2D eigenvalue weighted by Gasteiger charge is -2.18. The fraction of sp³-hybridized carbons (Fsp3) is 0.685. The van der Waals surface area contributed by atoms with Gasteiger partial charge in [-0.3, -0.25) is 14.4 Å². The summed E-state index contributed by atoms with van der Waals surface area (Å²) < 4.78 is 16.9. The third kappa shape index (κ3) is 64.5. The van der Waals surface area contributed by atoms with E-state index >= 15 is 0 Å². The van der Waals surface area contributed by atoms with Gasteiger partial charge in [0.1, 0.15) is 13.2 Å². The van der Waals surface area contributed by atoms with Crippen LogP contribution in [0.1, 0.15) is 303 Å². The van der Waals surface area contributed by atoms with Gasteiger partial charge < -0.3 is 14.2 Å². The average molecular weight is 1100 g/mol. The second-order valence-electron chi connectivity index (χ2n) is 21.6. The first-order valence-corrected chi connectivity index (χ1v) is 33.0. The molecule has 0 spiro atoms. The molecule has 6 heteroatoms. The Labute approximate surface area is 488 Å². The standard InChI is InChI=1S/C73H122O6/c1-4-7-10-13-16-19-22-25-28-30-32-34-36-38-40-42-45-48-51-54-57-60-63-66-72(75)78-69-70(68-77-71(74)65-62-59-56-53-50-47-44-27-24-21-18-15-12-9-6-3)79-73(76)67-64-61-58-55-52-49-46-43-41-39-37-35-33-31-29-26-23-20-17-14-11-8-5-2/h7,9-10,12,16,18-19,21,25,27-28,32,34,38,40,44-45,48,54,57,70H,4-6,8,11,13-15,17,20,22-24,26,29-31,33,35-37,39,41-43,46-47,49-53,55-56,58-69H2,1-3H3/b10-7-,12-9-,19-16-,21-18-,28-25-,34-32-,40-38-,44-27-,48-45-,57-54-. The minimum atomic E-state index is -0.812. The van der Waals surface area contributed by atoms with Gasteiger partial charge >= 0.3 is 17.9 Å². The molecule has 0 heterocycles. The number of carbonyl (C=O) groups excluding carboxylic acids is 3. The van der Waals surface area contributed by atoms with Crippen LogP contribution in [-0.4, -0.2) is 37.2 Å². The van der Waals surface area contributed by atoms with Crippen molar-refractivity contribution < 1.29 is 28.6 Å². The number of esters is 3. The van der Waals surface area contributed by atoms with E-state index in [2.05, 4.69) is 142 Å². The first-order valence-electron chi connectivity index (χ1n) is 33.0. The second kappa shape index (κ2) is 66.3. The van der Waals surface area contributed by atoms with Crippen LogP contribution >= 0.6 is 0 Å². The zero-order chi connectivity index (χ0) is 57.1. The van der Waals surface area contributed by atoms with Crippen molar-refractivity contribution in [1.29, 1.82) is 0 Å². The summed E-state index contributed by atoms with van der Waals surface area (Å²) in [4.78, 5) is 38.3. The summed E-state index contributed by atoms with van der Waals surface area (Å²) in [6, 6.07) is 0. The van der Waals surface area contributed by atoms with Gasteiger partial charge in [0, 0.05) is 19.3 Å². The molecule has 0 aromatic heterocycles. The highest BCUT2D eigenvalue weighted by Crippen LogP contribution is 2.17. The van der Waals surface area contributed by atoms with Crippen LogP contribution in [0.5, 0.6) is 0 Å². The first-order chi connectivity index (χ1) is 39.0. The third-order valence-electron chi connectivity index (χ3n) is 14.0. The molecular weight excluding hydrogens is 973 g/mol. The van der Waals surface area contributed by atoms with Crippen molar-refractivity contribution in [3.05, 3.63) is 122 Å². The van der Waals surface area contributed by atoms with Gasteiger partial charge in [0.05, 0.1) is 0 Å². The molecular formula is C73H122O6. The maximum absolute atomic E-state index is 12.9. The maximum Gasteiger partial charge on any atom is 0.306 e. The predicted molar refractivity (Wildman–Crippen MR) is 343 cm³/mol. The number of allylic oxidation sites excluding steroid dienone is 20. The molecule has 1 unspecified atom stereocenters. The van der Waals surface area contributed by atoms with Crippen molar-refractivity contribution in [1.82, 2.24) is 0 Å². The van der Waals surface area contributed by atoms with Crippen LogP contribution in [0.4, 0.5) is 0 Å². The number of rotatable bonds is 59. The molecule has 79 heavy (non-hydrogen) atoms. The molecule has 0 aliphatic rings. The van der Waals surface area contributed by atoms with Crippen LogP contribution in [0.3, 0.4) is 0 Å². The lowest BCUT2D eigenvalue weighted by atomic mass is 10.0. The van der Waals surface area contributed by atoms with Gasteiger partial charge in [-0.15, -0.1) is 0 Å². The van der Waals surface area contributed by atoms with Crippen molar-refractivity contribution in [3.8, 4) is 0 Å². The number of hydrogen-bond donors (Lipinski definition) is 0. The van der Waals surface area contributed by atoms with Crippen molar-refractivity contribution in [2.45, 2.75) is 309 Å². The predicted octanol–water partition coefficient (Wildman–Crippen LogP) is 22.8. The van der Waals surface area contributed by atoms with Gasteiger partial charge in [0.15, 0.2) is 6.10 Å². The van der Waals surface area contributed by atoms with Crippen LogP contribution in [-0.2, 0) is 28.6 Å². The van der Waals surface area contributed by atoms with Crippen LogP contribution in [0.15, 0.2) is 122 Å². The summed E-state index contributed by atoms with van der Waals surface area (Å²) in [6.07, 6.45) is 92.2. The van der Waals surface area contributed by atoms with Gasteiger partial charge in [-0.05, 0) is 103 Å². The molecule has 6 nitrogen and oxygen atoms in total. The molecule has 0 N–H and O–H groups in total. The Kier molecular flexibility index (Phi) is 62.8. The first kappa shape index (κ1) is 74.8. The minimum Gasteiger partial charge on any atom is -0.462 e. The highest BCUT2D eigenvalue weighted by Gasteiger charge is 2.19. The Morgan fingerprint density at radius 2 is 0.506 bits per heavy atom. The van der Waals surface area contributed by atoms with E-state index in [0.717, 1.165) is 128 Å². The Morgan fingerprint density at radius 3 is 0.823 bits per heavy atom. The average Bonchev–Trinajstić information content (AvgIpc) is 3.45. The Bertz CT molecular complexity index is 1640. The molecule has 1 atom stereocenters. The van der Waals surface area contributed by atoms with E-state index in [9.17, 15) is 14.4 Å². The lowest BCUT2D eigenvalue weighted by Crippen LogP contribution is -2.30. The summed E-state index contributed by atoms with van der Waals surface area (Å²) in [5, 5.41) is 0. The summed E-state index contributed by atoms with van der Waals surface area (Å²) in [7, 11) is 0. The SMILES string of the molecule is CC/C=C\C/C=C\C/C=C\C/C=C\C/C=C\C/C=C\C/C=C\CCCC(=O)OCC(COC(=O)CCCCCCC/C=C\C/C=C\C/C=C\CC)OC(=O)CCCCCCCCCCCCCCCCCCCCCCCCC. The van der Waals surface area contributed by atoms with Crippen molar-refractivity contribution in [3.63, 3.8) is 0 Å². The Balaban J connectivity index is 4.45. The molecule has 0 bridgehead atoms. The summed E-state index contributed by atoms with van der Waals surface area (Å²) >= 11 is 0. The monoisotopic (exact) mass is 1090 g/mol. The van der Waals surface area contributed by atoms with E-state index in [1.165, 1.54) is 128 Å². The number of hydrogen-bond acceptors (Lipinski definition) is 6. The van der Waals surface area contributed by atoms with E-state index in [0.29, 0.717) is 19.3 Å². The van der Waals surface area contributed by atoms with Gasteiger partial charge in [-0.25, -0.2) is 0 Å². The normalized spacial score (nSPS) is 12.9. The second-order valence-corrected chi connectivity index (χ2v) is 21.6. The lowest BCUT2D eigenvalue weighted by molar-refractivity contribution is -0.167. The zero-order valence-electron chi connectivity index (χ0n) is 51.6. The van der Waals surface area contributed by atoms with Crippen LogP contribution in [0, 0.1) is 0 Å². The number of unbranched alkanes of at least 4 members (excludes halogenated alkanes) is 28. The quantitative estimate of drug-likeness (QED) is 0.0261. The fourth-order valence-electron chi connectivity index (χ4n) is 9.10. The van der Waals surface area contributed by atoms with Gasteiger partial charge in [0.2, 0.25) is 0 Å². The molecule has 0 saturated heterocycles. The summed E-state index contributed by atoms with van der Waals surface area (Å²) in [6.45, 7) is 6.38. The molecule has 0 rings (SSSR count). The number of ether oxygens (including phenoxy) is 3. The van der Waals surface area contributed by atoms with Crippen molar-refractivity contribution >= 4 is 17.9 Å². The molecule has 0 aliphatic carbocycles. The van der Waals surface area contributed by atoms with E-state index in [-0.39, 0.29) is 37.5 Å². The van der Waals surface area contributed by atoms with Gasteiger partial charge in [-0.1, -0.05) is 303 Å². The third-order valence-corrected chi connectivity index (χ3v) is 14.0. The highest BCUT2D eigenvalue weighted by molar-refractivity contribution is 5.71. The van der Waals surface area contributed by atoms with Crippen LogP contribution in [0.2, 0.25) is 0 Å². The van der Waals surface area contributed by atoms with E-state index in [1.54, 1.807) is 0 Å². The molecule has 0 radical (unpaired) electrons. The van der Waals surface area contributed by atoms with Crippen LogP contribution < -0.4 is 0 Å². The maximum atomic E-state index is 12.9. The fourth-order valence-corrected chi connectivity index (χ4v) is 9.10. The summed E-state index contributed by atoms with van der Waals surface area (Å²) in [5.74, 6) is -0.974. The molecule has 450 valence electrons. The highest BCUT2D eigenvalue weighted by atomic mass is 16.6. The van der Waals surface area contributed by atoms with Gasteiger partial charge in [0.25, 0.3) is 0 Å². The van der Waals surface area contributed by atoms with E-state index in [1.807, 2.05) is 0 Å². The van der Waals surface area contributed by atoms with Gasteiger partial charge in [-0.2, -0.15) is 0 Å². The molecule has 0 fully saturated rings. The Morgan fingerprint density at radius 1 is 0.266 bits per heavy atom. The minimum absolute atomic E-state index is 0.106. The zero-order valence-corrected chi connectivity index (χ0v) is 51.6.